The van der Waals surface area contributed by atoms with Crippen molar-refractivity contribution in [2.45, 2.75) is 33.7 Å². The van der Waals surface area contributed by atoms with E-state index in [0.29, 0.717) is 0 Å². The highest BCUT2D eigenvalue weighted by Gasteiger charge is 2.11. The van der Waals surface area contributed by atoms with Crippen LogP contribution in [0.15, 0.2) is 18.6 Å². The fourth-order valence-corrected chi connectivity index (χ4v) is 1.72. The lowest BCUT2D eigenvalue weighted by atomic mass is 10.2. The predicted molar refractivity (Wildman–Crippen MR) is 70.3 cm³/mol. The van der Waals surface area contributed by atoms with E-state index in [1.165, 1.54) is 0 Å². The Morgan fingerprint density at radius 1 is 1.11 bits per heavy atom. The molecule has 0 spiro atoms. The van der Waals surface area contributed by atoms with Gasteiger partial charge in [0.05, 0.1) is 17.9 Å². The molecule has 0 aliphatic heterocycles. The molecule has 5 nitrogen and oxygen atoms in total. The Kier molecular flexibility index (Phi) is 3.50. The van der Waals surface area contributed by atoms with Gasteiger partial charge in [0, 0.05) is 23.7 Å². The van der Waals surface area contributed by atoms with Gasteiger partial charge in [-0.3, -0.25) is 9.97 Å². The molecule has 2 heterocycles. The summed E-state index contributed by atoms with van der Waals surface area (Å²) < 4.78 is 0. The molecule has 0 amide bonds. The van der Waals surface area contributed by atoms with E-state index in [-0.39, 0.29) is 6.04 Å². The molecule has 0 radical (unpaired) electrons. The fraction of sp³-hybridized carbons (Fsp3) is 0.385. The minimum Gasteiger partial charge on any atom is -0.362 e. The molecule has 0 saturated heterocycles. The molecular formula is C13H17N5. The zero-order chi connectivity index (χ0) is 13.1. The Morgan fingerprint density at radius 3 is 2.56 bits per heavy atom. The number of nitrogens with zero attached hydrogens (tertiary/aromatic N) is 4. The standard InChI is InChI=1S/C13H17N5/c1-8-9(2)16-11(4)18-13(8)17-10(3)12-7-14-5-6-15-12/h5-7,10H,1-4H3,(H,16,17,18). The Bertz CT molecular complexity index is 539. The van der Waals surface area contributed by atoms with E-state index in [4.69, 9.17) is 0 Å². The first kappa shape index (κ1) is 12.4. The minimum atomic E-state index is 0.0612. The Hall–Kier alpha value is -2.04. The summed E-state index contributed by atoms with van der Waals surface area (Å²) in [4.78, 5) is 17.1. The summed E-state index contributed by atoms with van der Waals surface area (Å²) in [6, 6.07) is 0.0612. The van der Waals surface area contributed by atoms with Gasteiger partial charge in [-0.2, -0.15) is 0 Å². The van der Waals surface area contributed by atoms with Crippen molar-refractivity contribution >= 4 is 5.82 Å². The number of hydrogen-bond donors (Lipinski definition) is 1. The highest BCUT2D eigenvalue weighted by Crippen LogP contribution is 2.20. The van der Waals surface area contributed by atoms with Crippen LogP contribution >= 0.6 is 0 Å². The van der Waals surface area contributed by atoms with Crippen LogP contribution in [0.2, 0.25) is 0 Å². The predicted octanol–water partition coefficient (Wildman–Crippen LogP) is 2.36. The third kappa shape index (κ3) is 2.61. The van der Waals surface area contributed by atoms with Crippen LogP contribution in [0.3, 0.4) is 0 Å². The second-order valence-corrected chi connectivity index (χ2v) is 4.33. The van der Waals surface area contributed by atoms with E-state index in [2.05, 4.69) is 25.3 Å². The van der Waals surface area contributed by atoms with Gasteiger partial charge in [-0.25, -0.2) is 9.97 Å². The van der Waals surface area contributed by atoms with Crippen LogP contribution in [0.1, 0.15) is 35.7 Å². The maximum Gasteiger partial charge on any atom is 0.133 e. The van der Waals surface area contributed by atoms with Crippen LogP contribution in [-0.2, 0) is 0 Å². The molecular weight excluding hydrogens is 226 g/mol. The molecule has 1 atom stereocenters. The van der Waals surface area contributed by atoms with Crippen LogP contribution in [0.4, 0.5) is 5.82 Å². The molecule has 0 aromatic carbocycles. The fourth-order valence-electron chi connectivity index (χ4n) is 1.72. The van der Waals surface area contributed by atoms with Gasteiger partial charge in [0.15, 0.2) is 0 Å². The molecule has 5 heteroatoms. The number of hydrogen-bond acceptors (Lipinski definition) is 5. The summed E-state index contributed by atoms with van der Waals surface area (Å²) in [7, 11) is 0. The van der Waals surface area contributed by atoms with E-state index in [9.17, 15) is 0 Å². The number of rotatable bonds is 3. The zero-order valence-electron chi connectivity index (χ0n) is 11.1. The SMILES string of the molecule is Cc1nc(C)c(C)c(NC(C)c2cnccn2)n1. The van der Waals surface area contributed by atoms with Crippen LogP contribution in [0, 0.1) is 20.8 Å². The molecule has 18 heavy (non-hydrogen) atoms. The lowest BCUT2D eigenvalue weighted by Crippen LogP contribution is -2.12. The molecule has 94 valence electrons. The van der Waals surface area contributed by atoms with Gasteiger partial charge in [-0.05, 0) is 27.7 Å². The van der Waals surface area contributed by atoms with Gasteiger partial charge in [0.2, 0.25) is 0 Å². The van der Waals surface area contributed by atoms with Crippen LogP contribution < -0.4 is 5.32 Å². The van der Waals surface area contributed by atoms with Gasteiger partial charge >= 0.3 is 0 Å². The Labute approximate surface area is 107 Å². The summed E-state index contributed by atoms with van der Waals surface area (Å²) in [6.45, 7) is 7.93. The van der Waals surface area contributed by atoms with Gasteiger partial charge in [-0.15, -0.1) is 0 Å². The molecule has 0 fully saturated rings. The van der Waals surface area contributed by atoms with Crippen LogP contribution in [-0.4, -0.2) is 19.9 Å². The van der Waals surface area contributed by atoms with Gasteiger partial charge < -0.3 is 5.32 Å². The second-order valence-electron chi connectivity index (χ2n) is 4.33. The topological polar surface area (TPSA) is 63.6 Å². The molecule has 1 N–H and O–H groups in total. The maximum atomic E-state index is 4.43. The van der Waals surface area contributed by atoms with Crippen molar-refractivity contribution in [3.63, 3.8) is 0 Å². The van der Waals surface area contributed by atoms with Crippen LogP contribution in [0.5, 0.6) is 0 Å². The number of anilines is 1. The lowest BCUT2D eigenvalue weighted by molar-refractivity contribution is 0.812. The molecule has 2 aromatic rings. The lowest BCUT2D eigenvalue weighted by Gasteiger charge is -2.16. The second kappa shape index (κ2) is 5.08. The summed E-state index contributed by atoms with van der Waals surface area (Å²) in [6.07, 6.45) is 5.12. The maximum absolute atomic E-state index is 4.43. The van der Waals surface area contributed by atoms with Gasteiger partial charge in [0.25, 0.3) is 0 Å². The van der Waals surface area contributed by atoms with Crippen molar-refractivity contribution in [1.82, 2.24) is 19.9 Å². The molecule has 0 aliphatic rings. The number of aryl methyl sites for hydroxylation is 2. The highest BCUT2D eigenvalue weighted by molar-refractivity contribution is 5.46. The Morgan fingerprint density at radius 2 is 1.89 bits per heavy atom. The van der Waals surface area contributed by atoms with Crippen molar-refractivity contribution in [3.8, 4) is 0 Å². The highest BCUT2D eigenvalue weighted by atomic mass is 15.1. The van der Waals surface area contributed by atoms with Crippen molar-refractivity contribution in [1.29, 1.82) is 0 Å². The molecule has 0 saturated carbocycles. The first-order valence-corrected chi connectivity index (χ1v) is 5.92. The van der Waals surface area contributed by atoms with E-state index in [1.807, 2.05) is 27.7 Å². The molecule has 0 aliphatic carbocycles. The van der Waals surface area contributed by atoms with Gasteiger partial charge in [0.1, 0.15) is 11.6 Å². The Balaban J connectivity index is 2.24. The van der Waals surface area contributed by atoms with E-state index >= 15 is 0 Å². The first-order valence-electron chi connectivity index (χ1n) is 5.92. The largest absolute Gasteiger partial charge is 0.362 e. The van der Waals surface area contributed by atoms with E-state index in [0.717, 1.165) is 28.6 Å². The summed E-state index contributed by atoms with van der Waals surface area (Å²) >= 11 is 0. The third-order valence-electron chi connectivity index (χ3n) is 2.88. The number of aromatic nitrogens is 4. The smallest absolute Gasteiger partial charge is 0.133 e. The summed E-state index contributed by atoms with van der Waals surface area (Å²) in [5.41, 5.74) is 2.96. The zero-order valence-corrected chi connectivity index (χ0v) is 11.1. The quantitative estimate of drug-likeness (QED) is 0.896. The van der Waals surface area contributed by atoms with Gasteiger partial charge in [-0.1, -0.05) is 0 Å². The molecule has 2 rings (SSSR count). The van der Waals surface area contributed by atoms with Crippen molar-refractivity contribution in [3.05, 3.63) is 41.4 Å². The minimum absolute atomic E-state index is 0.0612. The summed E-state index contributed by atoms with van der Waals surface area (Å²) in [5.74, 6) is 1.63. The van der Waals surface area contributed by atoms with Crippen molar-refractivity contribution < 1.29 is 0 Å². The van der Waals surface area contributed by atoms with Crippen LogP contribution in [0.25, 0.3) is 0 Å². The molecule has 2 aromatic heterocycles. The summed E-state index contributed by atoms with van der Waals surface area (Å²) in [5, 5.41) is 3.35. The average Bonchev–Trinajstić information content (AvgIpc) is 2.36. The van der Waals surface area contributed by atoms with Crippen molar-refractivity contribution in [2.75, 3.05) is 5.32 Å². The average molecular weight is 243 g/mol. The normalized spacial score (nSPS) is 12.2. The van der Waals surface area contributed by atoms with E-state index in [1.54, 1.807) is 18.6 Å². The first-order chi connectivity index (χ1) is 8.58. The number of nitrogens with one attached hydrogen (secondary N) is 1. The third-order valence-corrected chi connectivity index (χ3v) is 2.88. The molecule has 1 unspecified atom stereocenters. The molecule has 0 bridgehead atoms. The van der Waals surface area contributed by atoms with E-state index < -0.39 is 0 Å². The van der Waals surface area contributed by atoms with Crippen molar-refractivity contribution in [2.24, 2.45) is 0 Å². The monoisotopic (exact) mass is 243 g/mol.